The maximum absolute atomic E-state index is 11.7. The van der Waals surface area contributed by atoms with Gasteiger partial charge in [-0.15, -0.1) is 0 Å². The lowest BCUT2D eigenvalue weighted by Gasteiger charge is -2.29. The molecule has 0 spiro atoms. The molecule has 1 aliphatic heterocycles. The summed E-state index contributed by atoms with van der Waals surface area (Å²) in [6, 6.07) is 0. The second-order valence-corrected chi connectivity index (χ2v) is 6.24. The van der Waals surface area contributed by atoms with E-state index in [2.05, 4.69) is 21.8 Å². The molecule has 2 aliphatic rings. The van der Waals surface area contributed by atoms with Crippen molar-refractivity contribution in [1.29, 1.82) is 0 Å². The Morgan fingerprint density at radius 1 is 1.44 bits per heavy atom. The first-order valence-electron chi connectivity index (χ1n) is 6.66. The molecular formula is C13H19N3OS. The first-order chi connectivity index (χ1) is 8.79. The summed E-state index contributed by atoms with van der Waals surface area (Å²) in [6.45, 7) is 0. The van der Waals surface area contributed by atoms with E-state index in [1.807, 2.05) is 11.8 Å². The number of rotatable bonds is 4. The summed E-state index contributed by atoms with van der Waals surface area (Å²) in [5, 5.41) is 10.4. The van der Waals surface area contributed by atoms with Crippen LogP contribution in [0.1, 0.15) is 55.2 Å². The van der Waals surface area contributed by atoms with E-state index < -0.39 is 0 Å². The van der Waals surface area contributed by atoms with Crippen LogP contribution in [0, 0.1) is 0 Å². The van der Waals surface area contributed by atoms with E-state index in [4.69, 9.17) is 0 Å². The second kappa shape index (κ2) is 4.96. The number of carbonyl (C=O) groups is 1. The predicted octanol–water partition coefficient (Wildman–Crippen LogP) is 2.86. The van der Waals surface area contributed by atoms with Crippen LogP contribution >= 0.6 is 11.8 Å². The van der Waals surface area contributed by atoms with Crippen LogP contribution in [0.4, 0.5) is 5.82 Å². The summed E-state index contributed by atoms with van der Waals surface area (Å²) in [5.74, 6) is 3.01. The number of hydrogen-bond acceptors (Lipinski definition) is 3. The van der Waals surface area contributed by atoms with Crippen molar-refractivity contribution in [2.75, 3.05) is 17.3 Å². The molecule has 5 heteroatoms. The Hall–Kier alpha value is -0.970. The minimum atomic E-state index is 0.111. The van der Waals surface area contributed by atoms with Crippen molar-refractivity contribution in [1.82, 2.24) is 10.2 Å². The van der Waals surface area contributed by atoms with Gasteiger partial charge in [-0.2, -0.15) is 16.9 Å². The van der Waals surface area contributed by atoms with E-state index in [0.717, 1.165) is 18.0 Å². The Morgan fingerprint density at radius 2 is 2.28 bits per heavy atom. The lowest BCUT2D eigenvalue weighted by molar-refractivity contribution is -0.116. The number of aromatic amines is 1. The highest BCUT2D eigenvalue weighted by Gasteiger charge is 2.34. The largest absolute Gasteiger partial charge is 0.309 e. The number of thioether (sulfide) groups is 1. The third kappa shape index (κ3) is 2.05. The lowest BCUT2D eigenvalue weighted by Crippen LogP contribution is -2.24. The zero-order chi connectivity index (χ0) is 12.5. The summed E-state index contributed by atoms with van der Waals surface area (Å²) in [6.07, 6.45) is 7.65. The molecule has 18 heavy (non-hydrogen) atoms. The van der Waals surface area contributed by atoms with E-state index >= 15 is 0 Å². The number of anilines is 1. The van der Waals surface area contributed by atoms with Gasteiger partial charge in [-0.05, 0) is 37.2 Å². The van der Waals surface area contributed by atoms with Gasteiger partial charge in [0.15, 0.2) is 5.82 Å². The number of hydrogen-bond donors (Lipinski definition) is 2. The number of carbonyl (C=O) groups excluding carboxylic acids is 1. The molecule has 98 valence electrons. The molecule has 2 N–H and O–H groups in total. The molecule has 1 atom stereocenters. The normalized spacial score (nSPS) is 23.4. The number of nitrogens with one attached hydrogen (secondary N) is 2. The minimum Gasteiger partial charge on any atom is -0.309 e. The van der Waals surface area contributed by atoms with Gasteiger partial charge in [-0.3, -0.25) is 9.89 Å². The Bertz CT molecular complexity index is 453. The molecule has 0 bridgehead atoms. The monoisotopic (exact) mass is 265 g/mol. The Balaban J connectivity index is 1.89. The maximum Gasteiger partial charge on any atom is 0.226 e. The molecule has 1 fully saturated rings. The van der Waals surface area contributed by atoms with Gasteiger partial charge >= 0.3 is 0 Å². The quantitative estimate of drug-likeness (QED) is 0.880. The highest BCUT2D eigenvalue weighted by molar-refractivity contribution is 7.98. The molecule has 1 saturated carbocycles. The zero-order valence-corrected chi connectivity index (χ0v) is 11.5. The number of nitrogens with zero attached hydrogens (tertiary/aromatic N) is 1. The van der Waals surface area contributed by atoms with Crippen LogP contribution < -0.4 is 5.32 Å². The van der Waals surface area contributed by atoms with E-state index in [0.29, 0.717) is 18.3 Å². The minimum absolute atomic E-state index is 0.111. The van der Waals surface area contributed by atoms with Crippen molar-refractivity contribution >= 4 is 23.5 Å². The summed E-state index contributed by atoms with van der Waals surface area (Å²) in [4.78, 5) is 11.7. The molecular weight excluding hydrogens is 246 g/mol. The third-order valence-electron chi connectivity index (χ3n) is 4.12. The van der Waals surface area contributed by atoms with Gasteiger partial charge < -0.3 is 5.32 Å². The summed E-state index contributed by atoms with van der Waals surface area (Å²) in [7, 11) is 0. The maximum atomic E-state index is 11.7. The fourth-order valence-electron chi connectivity index (χ4n) is 2.90. The van der Waals surface area contributed by atoms with Crippen molar-refractivity contribution in [3.63, 3.8) is 0 Å². The molecule has 0 unspecified atom stereocenters. The Morgan fingerprint density at radius 3 is 2.94 bits per heavy atom. The molecule has 1 aliphatic carbocycles. The Kier molecular flexibility index (Phi) is 3.33. The molecule has 1 amide bonds. The summed E-state index contributed by atoms with van der Waals surface area (Å²) >= 11 is 1.85. The topological polar surface area (TPSA) is 57.8 Å². The Labute approximate surface area is 111 Å². The van der Waals surface area contributed by atoms with Gasteiger partial charge in [-0.25, -0.2) is 0 Å². The smallest absolute Gasteiger partial charge is 0.226 e. The van der Waals surface area contributed by atoms with Gasteiger partial charge in [0, 0.05) is 23.6 Å². The van der Waals surface area contributed by atoms with Gasteiger partial charge in [0.05, 0.1) is 0 Å². The molecule has 1 aromatic heterocycles. The fourth-order valence-corrected chi connectivity index (χ4v) is 3.42. The molecule has 0 saturated heterocycles. The van der Waals surface area contributed by atoms with Crippen molar-refractivity contribution in [2.45, 2.75) is 43.9 Å². The fraction of sp³-hybridized carbons (Fsp3) is 0.692. The molecule has 1 aromatic rings. The van der Waals surface area contributed by atoms with Gasteiger partial charge in [0.2, 0.25) is 5.91 Å². The van der Waals surface area contributed by atoms with E-state index in [1.165, 1.54) is 30.5 Å². The molecule has 2 heterocycles. The predicted molar refractivity (Wildman–Crippen MR) is 74.2 cm³/mol. The van der Waals surface area contributed by atoms with Crippen molar-refractivity contribution in [3.05, 3.63) is 11.3 Å². The standard InChI is InChI=1S/C13H19N3OS/c1-18-6-5-9-7-10(17)14-13-11(9)12(15-16-13)8-3-2-4-8/h8-9H,2-7H2,1H3,(H2,14,15,16,17)/t9-/m1/s1. The van der Waals surface area contributed by atoms with Crippen LogP contribution in [0.15, 0.2) is 0 Å². The third-order valence-corrected chi connectivity index (χ3v) is 4.76. The van der Waals surface area contributed by atoms with Crippen LogP contribution in [0.25, 0.3) is 0 Å². The molecule has 4 nitrogen and oxygen atoms in total. The van der Waals surface area contributed by atoms with E-state index in [1.54, 1.807) is 0 Å². The SMILES string of the molecule is CSCC[C@@H]1CC(=O)Nc2n[nH]c(C3CCC3)c21. The van der Waals surface area contributed by atoms with Crippen molar-refractivity contribution < 1.29 is 4.79 Å². The first-order valence-corrected chi connectivity index (χ1v) is 8.06. The number of aromatic nitrogens is 2. The van der Waals surface area contributed by atoms with Crippen LogP contribution in [0.5, 0.6) is 0 Å². The van der Waals surface area contributed by atoms with Crippen LogP contribution in [-0.4, -0.2) is 28.1 Å². The average Bonchev–Trinajstić information content (AvgIpc) is 2.67. The lowest BCUT2D eigenvalue weighted by atomic mass is 9.78. The number of amides is 1. The summed E-state index contributed by atoms with van der Waals surface area (Å²) < 4.78 is 0. The molecule has 3 rings (SSSR count). The highest BCUT2D eigenvalue weighted by Crippen LogP contribution is 2.44. The molecule has 0 aromatic carbocycles. The van der Waals surface area contributed by atoms with E-state index in [9.17, 15) is 4.79 Å². The highest BCUT2D eigenvalue weighted by atomic mass is 32.2. The second-order valence-electron chi connectivity index (χ2n) is 5.26. The first kappa shape index (κ1) is 12.1. The van der Waals surface area contributed by atoms with Crippen LogP contribution in [-0.2, 0) is 4.79 Å². The van der Waals surface area contributed by atoms with Gasteiger partial charge in [0.25, 0.3) is 0 Å². The van der Waals surface area contributed by atoms with E-state index in [-0.39, 0.29) is 5.91 Å². The van der Waals surface area contributed by atoms with Crippen molar-refractivity contribution in [3.8, 4) is 0 Å². The average molecular weight is 265 g/mol. The number of fused-ring (bicyclic) bond motifs is 1. The molecule has 0 radical (unpaired) electrons. The van der Waals surface area contributed by atoms with Gasteiger partial charge in [0.1, 0.15) is 0 Å². The van der Waals surface area contributed by atoms with Crippen LogP contribution in [0.2, 0.25) is 0 Å². The number of H-pyrrole nitrogens is 1. The van der Waals surface area contributed by atoms with Crippen LogP contribution in [0.3, 0.4) is 0 Å². The van der Waals surface area contributed by atoms with Gasteiger partial charge in [-0.1, -0.05) is 6.42 Å². The zero-order valence-electron chi connectivity index (χ0n) is 10.7. The summed E-state index contributed by atoms with van der Waals surface area (Å²) in [5.41, 5.74) is 2.59. The van der Waals surface area contributed by atoms with Crippen molar-refractivity contribution in [2.24, 2.45) is 0 Å².